The van der Waals surface area contributed by atoms with Crippen LogP contribution in [0, 0.1) is 13.8 Å². The second kappa shape index (κ2) is 9.44. The molecule has 7 nitrogen and oxygen atoms in total. The van der Waals surface area contributed by atoms with Crippen LogP contribution in [0.25, 0.3) is 5.69 Å². The molecule has 1 aliphatic heterocycles. The van der Waals surface area contributed by atoms with Gasteiger partial charge in [0.2, 0.25) is 0 Å². The molecule has 0 N–H and O–H groups in total. The molecule has 1 aromatic carbocycles. The van der Waals surface area contributed by atoms with E-state index in [0.717, 1.165) is 35.8 Å². The molecule has 1 fully saturated rings. The summed E-state index contributed by atoms with van der Waals surface area (Å²) in [6, 6.07) is 9.37. The van der Waals surface area contributed by atoms with Crippen molar-refractivity contribution in [1.29, 1.82) is 0 Å². The number of amides is 1. The van der Waals surface area contributed by atoms with Crippen molar-refractivity contribution in [3.8, 4) is 11.4 Å². The van der Waals surface area contributed by atoms with Gasteiger partial charge in [0.15, 0.2) is 9.84 Å². The monoisotopic (exact) mass is 447 g/mol. The minimum absolute atomic E-state index is 0.0535. The summed E-state index contributed by atoms with van der Waals surface area (Å²) < 4.78 is 31.5. The van der Waals surface area contributed by atoms with E-state index < -0.39 is 9.84 Å². The molecule has 0 aliphatic carbocycles. The lowest BCUT2D eigenvalue weighted by Crippen LogP contribution is -2.42. The van der Waals surface area contributed by atoms with Gasteiger partial charge in [0.1, 0.15) is 5.75 Å². The average Bonchev–Trinajstić information content (AvgIpc) is 3.22. The lowest BCUT2D eigenvalue weighted by Gasteiger charge is -2.29. The molecule has 2 heterocycles. The van der Waals surface area contributed by atoms with Gasteiger partial charge in [-0.1, -0.05) is 0 Å². The standard InChI is InChI=1S/C23H33N3O4S/c1-17-15-22(18(2)26(17)19-7-9-21(30-5)10-8-19)23(27)25(13-6-12-24(3)4)20-11-14-31(28,29)16-20/h7-10,15,20H,6,11-14,16H2,1-5H3. The summed E-state index contributed by atoms with van der Waals surface area (Å²) in [7, 11) is 2.54. The van der Waals surface area contributed by atoms with Crippen molar-refractivity contribution in [2.75, 3.05) is 45.8 Å². The maximum atomic E-state index is 13.6. The van der Waals surface area contributed by atoms with Gasteiger partial charge in [-0.3, -0.25) is 4.79 Å². The maximum Gasteiger partial charge on any atom is 0.255 e. The third-order valence-electron chi connectivity index (χ3n) is 5.91. The van der Waals surface area contributed by atoms with E-state index in [2.05, 4.69) is 9.47 Å². The van der Waals surface area contributed by atoms with Crippen molar-refractivity contribution in [3.05, 3.63) is 47.3 Å². The molecule has 1 unspecified atom stereocenters. The normalized spacial score (nSPS) is 17.8. The number of nitrogens with zero attached hydrogens (tertiary/aromatic N) is 3. The summed E-state index contributed by atoms with van der Waals surface area (Å²) in [6.45, 7) is 5.30. The zero-order chi connectivity index (χ0) is 22.8. The molecule has 1 atom stereocenters. The average molecular weight is 448 g/mol. The first-order valence-electron chi connectivity index (χ1n) is 10.6. The molecule has 3 rings (SSSR count). The Bertz CT molecular complexity index is 1030. The highest BCUT2D eigenvalue weighted by atomic mass is 32.2. The Labute approximate surface area is 185 Å². The van der Waals surface area contributed by atoms with Crippen LogP contribution in [0.5, 0.6) is 5.75 Å². The number of carbonyl (C=O) groups is 1. The Hall–Kier alpha value is -2.32. The first-order chi connectivity index (χ1) is 14.6. The molecule has 1 aliphatic rings. The van der Waals surface area contributed by atoms with Crippen LogP contribution in [0.3, 0.4) is 0 Å². The molecule has 1 amide bonds. The minimum Gasteiger partial charge on any atom is -0.497 e. The quantitative estimate of drug-likeness (QED) is 0.622. The second-order valence-corrected chi connectivity index (χ2v) is 10.8. The lowest BCUT2D eigenvalue weighted by molar-refractivity contribution is 0.0689. The predicted octanol–water partition coefficient (Wildman–Crippen LogP) is 2.68. The third-order valence-corrected chi connectivity index (χ3v) is 7.66. The molecule has 1 saturated heterocycles. The number of benzene rings is 1. The number of hydrogen-bond donors (Lipinski definition) is 0. The van der Waals surface area contributed by atoms with Crippen molar-refractivity contribution in [2.24, 2.45) is 0 Å². The Morgan fingerprint density at radius 3 is 2.39 bits per heavy atom. The topological polar surface area (TPSA) is 71.8 Å². The predicted molar refractivity (Wildman–Crippen MR) is 123 cm³/mol. The lowest BCUT2D eigenvalue weighted by atomic mass is 10.1. The van der Waals surface area contributed by atoms with Gasteiger partial charge < -0.3 is 19.1 Å². The first-order valence-corrected chi connectivity index (χ1v) is 12.4. The molecule has 0 saturated carbocycles. The summed E-state index contributed by atoms with van der Waals surface area (Å²) in [4.78, 5) is 17.5. The molecule has 0 bridgehead atoms. The molecule has 1 aromatic heterocycles. The van der Waals surface area contributed by atoms with Crippen molar-refractivity contribution >= 4 is 15.7 Å². The molecular weight excluding hydrogens is 414 g/mol. The number of hydrogen-bond acceptors (Lipinski definition) is 5. The molecule has 0 radical (unpaired) electrons. The van der Waals surface area contributed by atoms with Gasteiger partial charge in [0.05, 0.1) is 24.2 Å². The smallest absolute Gasteiger partial charge is 0.255 e. The van der Waals surface area contributed by atoms with Crippen LogP contribution in [0.4, 0.5) is 0 Å². The number of rotatable bonds is 8. The van der Waals surface area contributed by atoms with E-state index in [4.69, 9.17) is 4.74 Å². The number of aryl methyl sites for hydroxylation is 1. The van der Waals surface area contributed by atoms with Crippen molar-refractivity contribution in [2.45, 2.75) is 32.7 Å². The Kier molecular flexibility index (Phi) is 7.11. The van der Waals surface area contributed by atoms with Crippen LogP contribution in [-0.4, -0.2) is 80.5 Å². The summed E-state index contributed by atoms with van der Waals surface area (Å²) in [5.41, 5.74) is 3.39. The van der Waals surface area contributed by atoms with Crippen LogP contribution in [0.2, 0.25) is 0 Å². The second-order valence-electron chi connectivity index (χ2n) is 8.53. The van der Waals surface area contributed by atoms with Crippen molar-refractivity contribution < 1.29 is 17.9 Å². The maximum absolute atomic E-state index is 13.6. The molecule has 31 heavy (non-hydrogen) atoms. The van der Waals surface area contributed by atoms with E-state index in [-0.39, 0.29) is 23.5 Å². The van der Waals surface area contributed by atoms with Gasteiger partial charge in [-0.05, 0) is 77.7 Å². The summed E-state index contributed by atoms with van der Waals surface area (Å²) >= 11 is 0. The molecule has 2 aromatic rings. The molecule has 8 heteroatoms. The number of ether oxygens (including phenoxy) is 1. The highest BCUT2D eigenvalue weighted by Crippen LogP contribution is 2.26. The van der Waals surface area contributed by atoms with Gasteiger partial charge in [-0.25, -0.2) is 8.42 Å². The SMILES string of the molecule is COc1ccc(-n2c(C)cc(C(=O)N(CCCN(C)C)C3CCS(=O)(=O)C3)c2C)cc1. The van der Waals surface area contributed by atoms with Gasteiger partial charge >= 0.3 is 0 Å². The van der Waals surface area contributed by atoms with Crippen LogP contribution in [-0.2, 0) is 9.84 Å². The number of aromatic nitrogens is 1. The van der Waals surface area contributed by atoms with E-state index in [1.165, 1.54) is 0 Å². The number of sulfone groups is 1. The van der Waals surface area contributed by atoms with Crippen LogP contribution >= 0.6 is 0 Å². The van der Waals surface area contributed by atoms with Crippen LogP contribution in [0.1, 0.15) is 34.6 Å². The van der Waals surface area contributed by atoms with Gasteiger partial charge in [0, 0.05) is 29.7 Å². The van der Waals surface area contributed by atoms with Gasteiger partial charge in [0.25, 0.3) is 5.91 Å². The largest absolute Gasteiger partial charge is 0.497 e. The van der Waals surface area contributed by atoms with Crippen LogP contribution < -0.4 is 4.74 Å². The Morgan fingerprint density at radius 1 is 1.16 bits per heavy atom. The fourth-order valence-electron chi connectivity index (χ4n) is 4.29. The van der Waals surface area contributed by atoms with Gasteiger partial charge in [-0.2, -0.15) is 0 Å². The highest BCUT2D eigenvalue weighted by Gasteiger charge is 2.35. The van der Waals surface area contributed by atoms with E-state index in [1.54, 1.807) is 12.0 Å². The minimum atomic E-state index is -3.08. The fourth-order valence-corrected chi connectivity index (χ4v) is 6.02. The fraction of sp³-hybridized carbons (Fsp3) is 0.522. The van der Waals surface area contributed by atoms with E-state index >= 15 is 0 Å². The van der Waals surface area contributed by atoms with E-state index in [9.17, 15) is 13.2 Å². The van der Waals surface area contributed by atoms with E-state index in [1.807, 2.05) is 58.3 Å². The first kappa shape index (κ1) is 23.3. The highest BCUT2D eigenvalue weighted by molar-refractivity contribution is 7.91. The number of carbonyl (C=O) groups excluding carboxylic acids is 1. The summed E-state index contributed by atoms with van der Waals surface area (Å²) in [5.74, 6) is 0.892. The molecule has 170 valence electrons. The zero-order valence-corrected chi connectivity index (χ0v) is 19.9. The summed E-state index contributed by atoms with van der Waals surface area (Å²) in [5, 5.41) is 0. The number of methoxy groups -OCH3 is 1. The van der Waals surface area contributed by atoms with E-state index in [0.29, 0.717) is 18.5 Å². The van der Waals surface area contributed by atoms with Crippen LogP contribution in [0.15, 0.2) is 30.3 Å². The third kappa shape index (κ3) is 5.30. The zero-order valence-electron chi connectivity index (χ0n) is 19.1. The van der Waals surface area contributed by atoms with Crippen molar-refractivity contribution in [3.63, 3.8) is 0 Å². The molecule has 0 spiro atoms. The Balaban J connectivity index is 1.91. The van der Waals surface area contributed by atoms with Crippen molar-refractivity contribution in [1.82, 2.24) is 14.4 Å². The van der Waals surface area contributed by atoms with Gasteiger partial charge in [-0.15, -0.1) is 0 Å². The Morgan fingerprint density at radius 2 is 1.84 bits per heavy atom. The molecular formula is C23H33N3O4S. The summed E-state index contributed by atoms with van der Waals surface area (Å²) in [6.07, 6.45) is 1.31.